The maximum atomic E-state index is 13.5. The van der Waals surface area contributed by atoms with E-state index in [0.717, 1.165) is 44.8 Å². The van der Waals surface area contributed by atoms with Crippen LogP contribution in [0, 0.1) is 6.92 Å². The first-order valence-electron chi connectivity index (χ1n) is 12.8. The Hall–Kier alpha value is -4.57. The van der Waals surface area contributed by atoms with Crippen LogP contribution in [0.5, 0.6) is 0 Å². The van der Waals surface area contributed by atoms with Gasteiger partial charge in [0, 0.05) is 36.6 Å². The minimum absolute atomic E-state index is 0.213. The number of nitrogens with zero attached hydrogens (tertiary/aromatic N) is 5. The van der Waals surface area contributed by atoms with Gasteiger partial charge >= 0.3 is 0 Å². The van der Waals surface area contributed by atoms with Crippen LogP contribution in [-0.4, -0.2) is 34.9 Å². The predicted molar refractivity (Wildman–Crippen MR) is 146 cm³/mol. The molecule has 1 aliphatic rings. The van der Waals surface area contributed by atoms with Crippen LogP contribution >= 0.6 is 0 Å². The highest BCUT2D eigenvalue weighted by Crippen LogP contribution is 2.45. The van der Waals surface area contributed by atoms with Gasteiger partial charge in [-0.25, -0.2) is 9.37 Å². The van der Waals surface area contributed by atoms with Gasteiger partial charge < -0.3 is 14.5 Å². The number of halogens is 1. The summed E-state index contributed by atoms with van der Waals surface area (Å²) in [5.74, 6) is 1.39. The minimum atomic E-state index is -0.964. The zero-order valence-electron chi connectivity index (χ0n) is 22.0. The second-order valence-corrected chi connectivity index (χ2v) is 9.81. The Labute approximate surface area is 224 Å². The van der Waals surface area contributed by atoms with Gasteiger partial charge in [-0.2, -0.15) is 10.1 Å². The normalized spacial score (nSPS) is 19.9. The predicted octanol–water partition coefficient (Wildman–Crippen LogP) is 5.33. The fraction of sp³-hybridized carbons (Fsp3) is 0.241. The van der Waals surface area contributed by atoms with Crippen molar-refractivity contribution in [1.29, 1.82) is 0 Å². The van der Waals surface area contributed by atoms with E-state index in [-0.39, 0.29) is 11.9 Å². The zero-order valence-corrected chi connectivity index (χ0v) is 22.0. The lowest BCUT2D eigenvalue weighted by Crippen LogP contribution is -2.51. The summed E-state index contributed by atoms with van der Waals surface area (Å²) < 4.78 is 20.7. The summed E-state index contributed by atoms with van der Waals surface area (Å²) in [4.78, 5) is 16.6. The monoisotopic (exact) mass is 524 g/mol. The Bertz CT molecular complexity index is 1690. The van der Waals surface area contributed by atoms with Gasteiger partial charge in [0.25, 0.3) is 0 Å². The molecule has 0 bridgehead atoms. The van der Waals surface area contributed by atoms with Gasteiger partial charge in [-0.3, -0.25) is 10.00 Å². The number of hydrogen-bond donors (Lipinski definition) is 3. The molecule has 3 N–H and O–H groups in total. The van der Waals surface area contributed by atoms with Crippen LogP contribution in [0.25, 0.3) is 16.5 Å². The van der Waals surface area contributed by atoms with Crippen LogP contribution in [0.15, 0.2) is 78.0 Å². The van der Waals surface area contributed by atoms with Crippen molar-refractivity contribution in [3.63, 3.8) is 0 Å². The first-order valence-corrected chi connectivity index (χ1v) is 12.8. The third-order valence-electron chi connectivity index (χ3n) is 7.27. The Morgan fingerprint density at radius 2 is 2.10 bits per heavy atom. The van der Waals surface area contributed by atoms with E-state index < -0.39 is 5.54 Å². The Morgan fingerprint density at radius 3 is 2.85 bits per heavy atom. The first kappa shape index (κ1) is 24.7. The van der Waals surface area contributed by atoms with Gasteiger partial charge in [0.15, 0.2) is 5.54 Å². The summed E-state index contributed by atoms with van der Waals surface area (Å²) in [5.41, 5.74) is 4.88. The number of benzene rings is 1. The fourth-order valence-electron chi connectivity index (χ4n) is 5.34. The summed E-state index contributed by atoms with van der Waals surface area (Å²) in [7, 11) is 1.88. The Balaban J connectivity index is 1.49. The van der Waals surface area contributed by atoms with Crippen LogP contribution in [0.3, 0.4) is 0 Å². The standard InChI is InChI=1S/C29H29FN8O/c1-5-20(30)10-8-9-17(2)25-15-31-27(35-25)24-13-22-21-11-6-7-12-23(21)34-26(22)29(36-24,19-14-32-38(4)16-19)28-33-18(3)39-37-28/h5-7,9-12,14-16,24,34,36H,1,8,13H2,2-4H3,(H,31,35)/b17-9+,20-10+/t24-,29?/m1/s1. The largest absolute Gasteiger partial charge is 0.356 e. The molecule has 1 aromatic carbocycles. The lowest BCUT2D eigenvalue weighted by Gasteiger charge is -2.39. The molecule has 0 amide bonds. The van der Waals surface area contributed by atoms with Crippen molar-refractivity contribution in [1.82, 2.24) is 40.2 Å². The van der Waals surface area contributed by atoms with Crippen molar-refractivity contribution in [2.75, 3.05) is 0 Å². The number of H-pyrrole nitrogens is 2. The van der Waals surface area contributed by atoms with E-state index in [0.29, 0.717) is 24.6 Å². The van der Waals surface area contributed by atoms with Gasteiger partial charge in [0.05, 0.1) is 29.8 Å². The average Bonchev–Trinajstić information content (AvgIpc) is 3.74. The van der Waals surface area contributed by atoms with Crippen molar-refractivity contribution in [2.45, 2.75) is 38.3 Å². The molecular formula is C29H29FN8O. The first-order chi connectivity index (χ1) is 18.9. The number of para-hydroxylation sites is 1. The second-order valence-electron chi connectivity index (χ2n) is 9.81. The third-order valence-corrected chi connectivity index (χ3v) is 7.27. The van der Waals surface area contributed by atoms with Crippen molar-refractivity contribution >= 4 is 16.5 Å². The molecule has 5 heterocycles. The van der Waals surface area contributed by atoms with Crippen molar-refractivity contribution in [3.05, 3.63) is 114 Å². The third kappa shape index (κ3) is 4.22. The molecule has 1 aliphatic heterocycles. The van der Waals surface area contributed by atoms with Crippen LogP contribution in [0.4, 0.5) is 4.39 Å². The van der Waals surface area contributed by atoms with Crippen molar-refractivity contribution in [3.8, 4) is 0 Å². The number of aromatic amines is 2. The maximum absolute atomic E-state index is 13.5. The fourth-order valence-corrected chi connectivity index (χ4v) is 5.34. The van der Waals surface area contributed by atoms with Crippen LogP contribution in [0.2, 0.25) is 0 Å². The summed E-state index contributed by atoms with van der Waals surface area (Å²) in [6, 6.07) is 8.04. The molecule has 198 valence electrons. The lowest BCUT2D eigenvalue weighted by molar-refractivity contribution is 0.317. The number of hydrogen-bond acceptors (Lipinski definition) is 6. The van der Waals surface area contributed by atoms with E-state index in [2.05, 4.69) is 44.3 Å². The molecule has 0 saturated carbocycles. The lowest BCUT2D eigenvalue weighted by atomic mass is 9.79. The number of aryl methyl sites for hydroxylation is 2. The molecule has 5 aromatic rings. The minimum Gasteiger partial charge on any atom is -0.356 e. The molecule has 0 aliphatic carbocycles. The SMILES string of the molecule is C=C/C(F)=C\C/C=C(\C)c1cnc([C@H]2Cc3c([nH]c4ccccc34)C(c3cnn(C)c3)(c3noc(C)n3)N2)[nH]1. The van der Waals surface area contributed by atoms with Gasteiger partial charge in [-0.05, 0) is 49.1 Å². The summed E-state index contributed by atoms with van der Waals surface area (Å²) in [6.07, 6.45) is 11.4. The maximum Gasteiger partial charge on any atom is 0.223 e. The molecule has 1 unspecified atom stereocenters. The average molecular weight is 525 g/mol. The highest BCUT2D eigenvalue weighted by atomic mass is 19.1. The van der Waals surface area contributed by atoms with Crippen molar-refractivity contribution < 1.29 is 8.91 Å². The highest BCUT2D eigenvalue weighted by Gasteiger charge is 2.50. The van der Waals surface area contributed by atoms with E-state index in [4.69, 9.17) is 14.5 Å². The van der Waals surface area contributed by atoms with Crippen LogP contribution in [0.1, 0.15) is 59.4 Å². The number of fused-ring (bicyclic) bond motifs is 3. The number of aromatic nitrogens is 7. The quantitative estimate of drug-likeness (QED) is 0.248. The van der Waals surface area contributed by atoms with E-state index in [9.17, 15) is 4.39 Å². The second kappa shape index (κ2) is 9.63. The van der Waals surface area contributed by atoms with Gasteiger partial charge in [-0.1, -0.05) is 36.0 Å². The van der Waals surface area contributed by atoms with Crippen LogP contribution in [-0.2, 0) is 19.0 Å². The van der Waals surface area contributed by atoms with Gasteiger partial charge in [0.2, 0.25) is 11.7 Å². The molecule has 0 saturated heterocycles. The molecule has 39 heavy (non-hydrogen) atoms. The number of imidazole rings is 1. The smallest absolute Gasteiger partial charge is 0.223 e. The van der Waals surface area contributed by atoms with E-state index in [1.54, 1.807) is 11.6 Å². The molecule has 10 heteroatoms. The molecule has 9 nitrogen and oxygen atoms in total. The van der Waals surface area contributed by atoms with E-state index >= 15 is 0 Å². The Kier molecular flexibility index (Phi) is 6.11. The molecule has 0 fully saturated rings. The topological polar surface area (TPSA) is 113 Å². The number of nitrogens with one attached hydrogen (secondary N) is 3. The molecule has 6 rings (SSSR count). The van der Waals surface area contributed by atoms with Crippen molar-refractivity contribution in [2.24, 2.45) is 7.05 Å². The molecule has 0 radical (unpaired) electrons. The number of rotatable bonds is 7. The van der Waals surface area contributed by atoms with Gasteiger partial charge in [-0.15, -0.1) is 0 Å². The molecule has 2 atom stereocenters. The zero-order chi connectivity index (χ0) is 27.1. The molecular weight excluding hydrogens is 495 g/mol. The Morgan fingerprint density at radius 1 is 1.26 bits per heavy atom. The number of allylic oxidation sites excluding steroid dienone is 5. The summed E-state index contributed by atoms with van der Waals surface area (Å²) in [5, 5.41) is 13.8. The summed E-state index contributed by atoms with van der Waals surface area (Å²) in [6.45, 7) is 7.21. The van der Waals surface area contributed by atoms with E-state index in [1.165, 1.54) is 12.2 Å². The molecule has 0 spiro atoms. The molecule has 4 aromatic heterocycles. The van der Waals surface area contributed by atoms with Crippen LogP contribution < -0.4 is 5.32 Å². The van der Waals surface area contributed by atoms with Gasteiger partial charge in [0.1, 0.15) is 11.7 Å². The highest BCUT2D eigenvalue weighted by molar-refractivity contribution is 5.86. The summed E-state index contributed by atoms with van der Waals surface area (Å²) >= 11 is 0. The van der Waals surface area contributed by atoms with E-state index in [1.807, 2.05) is 50.8 Å².